The van der Waals surface area contributed by atoms with E-state index in [0.29, 0.717) is 11.6 Å². The first kappa shape index (κ1) is 19.7. The number of ether oxygens (including phenoxy) is 2. The monoisotopic (exact) mass is 372 g/mol. The van der Waals surface area contributed by atoms with Gasteiger partial charge in [-0.15, -0.1) is 0 Å². The number of carbonyl (C=O) groups excluding carboxylic acids is 1. The number of esters is 1. The topological polar surface area (TPSA) is 55.8 Å². The van der Waals surface area contributed by atoms with Gasteiger partial charge in [-0.1, -0.05) is 18.2 Å². The molecule has 0 saturated heterocycles. The second-order valence-corrected chi connectivity index (χ2v) is 5.40. The second-order valence-electron chi connectivity index (χ2n) is 5.40. The van der Waals surface area contributed by atoms with Gasteiger partial charge in [-0.05, 0) is 43.2 Å². The first-order chi connectivity index (χ1) is 12.1. The Morgan fingerprint density at radius 1 is 1.19 bits per heavy atom. The highest BCUT2D eigenvalue weighted by molar-refractivity contribution is 5.94. The van der Waals surface area contributed by atoms with Crippen molar-refractivity contribution < 1.29 is 36.9 Å². The van der Waals surface area contributed by atoms with Gasteiger partial charge >= 0.3 is 12.1 Å². The van der Waals surface area contributed by atoms with E-state index in [1.54, 1.807) is 26.0 Å². The van der Waals surface area contributed by atoms with E-state index >= 15 is 0 Å². The molecule has 2 aromatic carbocycles. The molecule has 0 aliphatic carbocycles. The molecule has 0 bridgehead atoms. The van der Waals surface area contributed by atoms with Crippen molar-refractivity contribution in [3.05, 3.63) is 58.9 Å². The lowest BCUT2D eigenvalue weighted by atomic mass is 10.1. The van der Waals surface area contributed by atoms with Crippen LogP contribution in [0.2, 0.25) is 0 Å². The maximum absolute atomic E-state index is 14.1. The van der Waals surface area contributed by atoms with Crippen LogP contribution in [0, 0.1) is 12.7 Å². The largest absolute Gasteiger partial charge is 0.462 e. The Labute approximate surface area is 147 Å². The summed E-state index contributed by atoms with van der Waals surface area (Å²) in [6.07, 6.45) is -7.72. The molecule has 0 spiro atoms. The number of carbonyl (C=O) groups is 1. The Morgan fingerprint density at radius 3 is 2.46 bits per heavy atom. The molecule has 8 heteroatoms. The van der Waals surface area contributed by atoms with Crippen molar-refractivity contribution in [2.45, 2.75) is 26.1 Å². The summed E-state index contributed by atoms with van der Waals surface area (Å²) in [5.41, 5.74) is -0.0316. The number of hydrogen-bond donors (Lipinski definition) is 1. The van der Waals surface area contributed by atoms with Gasteiger partial charge in [0.15, 0.2) is 17.7 Å². The Hall–Kier alpha value is -2.61. The van der Waals surface area contributed by atoms with Gasteiger partial charge in [-0.3, -0.25) is 0 Å². The zero-order valence-corrected chi connectivity index (χ0v) is 13.9. The van der Waals surface area contributed by atoms with Gasteiger partial charge in [0, 0.05) is 0 Å². The first-order valence-electron chi connectivity index (χ1n) is 7.64. The average molecular weight is 372 g/mol. The van der Waals surface area contributed by atoms with Crippen LogP contribution in [0.4, 0.5) is 17.6 Å². The van der Waals surface area contributed by atoms with Gasteiger partial charge in [0.05, 0.1) is 6.61 Å². The van der Waals surface area contributed by atoms with Crippen LogP contribution in [0.5, 0.6) is 11.5 Å². The van der Waals surface area contributed by atoms with E-state index in [1.165, 1.54) is 6.07 Å². The highest BCUT2D eigenvalue weighted by Gasteiger charge is 2.39. The van der Waals surface area contributed by atoms with Crippen LogP contribution in [0.15, 0.2) is 36.4 Å². The minimum absolute atomic E-state index is 0.00599. The predicted molar refractivity (Wildman–Crippen MR) is 84.6 cm³/mol. The Bertz CT molecular complexity index is 802. The molecule has 0 aliphatic heterocycles. The summed E-state index contributed by atoms with van der Waals surface area (Å²) >= 11 is 0. The van der Waals surface area contributed by atoms with Gasteiger partial charge in [0.2, 0.25) is 0 Å². The molecule has 2 rings (SSSR count). The molecule has 0 aromatic heterocycles. The van der Waals surface area contributed by atoms with Crippen molar-refractivity contribution in [3.8, 4) is 11.5 Å². The van der Waals surface area contributed by atoms with Gasteiger partial charge in [-0.2, -0.15) is 13.2 Å². The van der Waals surface area contributed by atoms with Crippen molar-refractivity contribution in [2.75, 3.05) is 6.61 Å². The molecule has 0 heterocycles. The summed E-state index contributed by atoms with van der Waals surface area (Å²) in [6.45, 7) is 3.39. The van der Waals surface area contributed by atoms with Crippen molar-refractivity contribution in [1.29, 1.82) is 0 Å². The summed E-state index contributed by atoms with van der Waals surface area (Å²) in [4.78, 5) is 12.1. The van der Waals surface area contributed by atoms with E-state index in [0.717, 1.165) is 12.1 Å². The highest BCUT2D eigenvalue weighted by Crippen LogP contribution is 2.35. The number of hydrogen-bond acceptors (Lipinski definition) is 4. The lowest BCUT2D eigenvalue weighted by Crippen LogP contribution is -2.20. The second kappa shape index (κ2) is 7.74. The standard InChI is InChI=1S/C18H16F4O4/c1-3-25-17(24)15-10(2)5-4-6-14(15)26-13-8-7-11(9-12(13)19)16(23)18(20,21)22/h4-9,16,23H,3H2,1-2H3. The molecule has 0 amide bonds. The van der Waals surface area contributed by atoms with E-state index < -0.39 is 29.6 Å². The minimum Gasteiger partial charge on any atom is -0.462 e. The molecule has 0 fully saturated rings. The summed E-state index contributed by atoms with van der Waals surface area (Å²) < 4.78 is 62.0. The third-order valence-corrected chi connectivity index (χ3v) is 3.52. The maximum Gasteiger partial charge on any atom is 0.418 e. The zero-order chi connectivity index (χ0) is 19.5. The molecule has 26 heavy (non-hydrogen) atoms. The molecule has 2 aromatic rings. The zero-order valence-electron chi connectivity index (χ0n) is 13.9. The molecule has 1 N–H and O–H groups in total. The summed E-state index contributed by atoms with van der Waals surface area (Å²) in [6, 6.07) is 7.02. The number of halogens is 4. The Morgan fingerprint density at radius 2 is 1.88 bits per heavy atom. The Balaban J connectivity index is 2.35. The number of aryl methyl sites for hydroxylation is 1. The van der Waals surface area contributed by atoms with Crippen LogP contribution in [0.3, 0.4) is 0 Å². The average Bonchev–Trinajstić information content (AvgIpc) is 2.55. The number of rotatable bonds is 5. The van der Waals surface area contributed by atoms with Crippen LogP contribution in [0.1, 0.15) is 34.5 Å². The number of aliphatic hydroxyl groups excluding tert-OH is 1. The van der Waals surface area contributed by atoms with E-state index in [1.807, 2.05) is 0 Å². The summed E-state index contributed by atoms with van der Waals surface area (Å²) in [5, 5.41) is 9.18. The molecule has 1 unspecified atom stereocenters. The third-order valence-electron chi connectivity index (χ3n) is 3.52. The molecule has 4 nitrogen and oxygen atoms in total. The fraction of sp³-hybridized carbons (Fsp3) is 0.278. The van der Waals surface area contributed by atoms with E-state index in [2.05, 4.69) is 0 Å². The van der Waals surface area contributed by atoms with Crippen LogP contribution >= 0.6 is 0 Å². The van der Waals surface area contributed by atoms with E-state index in [4.69, 9.17) is 9.47 Å². The quantitative estimate of drug-likeness (QED) is 0.611. The van der Waals surface area contributed by atoms with Crippen LogP contribution in [0.25, 0.3) is 0 Å². The van der Waals surface area contributed by atoms with E-state index in [9.17, 15) is 27.5 Å². The van der Waals surface area contributed by atoms with Gasteiger partial charge in [0.25, 0.3) is 0 Å². The SMILES string of the molecule is CCOC(=O)c1c(C)cccc1Oc1ccc(C(O)C(F)(F)F)cc1F. The summed E-state index contributed by atoms with van der Waals surface area (Å²) in [7, 11) is 0. The first-order valence-corrected chi connectivity index (χ1v) is 7.64. The van der Waals surface area contributed by atoms with Crippen LogP contribution < -0.4 is 4.74 Å². The number of aliphatic hydroxyl groups is 1. The molecule has 140 valence electrons. The van der Waals surface area contributed by atoms with Crippen LogP contribution in [-0.4, -0.2) is 23.9 Å². The molecule has 0 aliphatic rings. The van der Waals surface area contributed by atoms with Gasteiger partial charge in [0.1, 0.15) is 11.3 Å². The molecule has 0 radical (unpaired) electrons. The molecule has 1 atom stereocenters. The fourth-order valence-corrected chi connectivity index (χ4v) is 2.27. The molecule has 0 saturated carbocycles. The lowest BCUT2D eigenvalue weighted by Gasteiger charge is -2.16. The normalized spacial score (nSPS) is 12.6. The van der Waals surface area contributed by atoms with Crippen molar-refractivity contribution in [2.24, 2.45) is 0 Å². The number of alkyl halides is 3. The van der Waals surface area contributed by atoms with Gasteiger partial charge in [-0.25, -0.2) is 9.18 Å². The van der Waals surface area contributed by atoms with Crippen molar-refractivity contribution in [1.82, 2.24) is 0 Å². The smallest absolute Gasteiger partial charge is 0.418 e. The summed E-state index contributed by atoms with van der Waals surface area (Å²) in [5.74, 6) is -2.15. The van der Waals surface area contributed by atoms with Crippen LogP contribution in [-0.2, 0) is 4.74 Å². The molecular weight excluding hydrogens is 356 g/mol. The minimum atomic E-state index is -4.91. The predicted octanol–water partition coefficient (Wildman–Crippen LogP) is 4.70. The van der Waals surface area contributed by atoms with Crippen molar-refractivity contribution >= 4 is 5.97 Å². The van der Waals surface area contributed by atoms with Crippen molar-refractivity contribution in [3.63, 3.8) is 0 Å². The molecular formula is C18H16F4O4. The van der Waals surface area contributed by atoms with E-state index in [-0.39, 0.29) is 23.7 Å². The Kier molecular flexibility index (Phi) is 5.86. The third kappa shape index (κ3) is 4.32. The maximum atomic E-state index is 14.1. The highest BCUT2D eigenvalue weighted by atomic mass is 19.4. The lowest BCUT2D eigenvalue weighted by molar-refractivity contribution is -0.206. The fourth-order valence-electron chi connectivity index (χ4n) is 2.27. The van der Waals surface area contributed by atoms with Gasteiger partial charge < -0.3 is 14.6 Å². The number of benzene rings is 2.